The van der Waals surface area contributed by atoms with Crippen molar-refractivity contribution < 1.29 is 33.3 Å². The minimum Gasteiger partial charge on any atom is -0.476 e. The summed E-state index contributed by atoms with van der Waals surface area (Å²) in [6, 6.07) is 25.9. The third kappa shape index (κ3) is 8.91. The van der Waals surface area contributed by atoms with E-state index in [0.29, 0.717) is 56.3 Å². The zero-order valence-corrected chi connectivity index (χ0v) is 30.3. The summed E-state index contributed by atoms with van der Waals surface area (Å²) < 4.78 is 23.7. The molecule has 272 valence electrons. The quantitative estimate of drug-likeness (QED) is 0.219. The van der Waals surface area contributed by atoms with Gasteiger partial charge in [0.15, 0.2) is 0 Å². The molecule has 3 aromatic carbocycles. The lowest BCUT2D eigenvalue weighted by molar-refractivity contribution is -0.131. The maximum Gasteiger partial charge on any atom is 0.410 e. The van der Waals surface area contributed by atoms with Gasteiger partial charge in [-0.05, 0) is 87.8 Å². The first-order valence-corrected chi connectivity index (χ1v) is 18.2. The van der Waals surface area contributed by atoms with Gasteiger partial charge in [-0.15, -0.1) is 0 Å². The number of hydrogen-bond acceptors (Lipinski definition) is 7. The van der Waals surface area contributed by atoms with E-state index in [-0.39, 0.29) is 24.3 Å². The molecule has 51 heavy (non-hydrogen) atoms. The predicted octanol–water partition coefficient (Wildman–Crippen LogP) is 6.65. The number of hydrogen-bond donors (Lipinski definition) is 0. The summed E-state index contributed by atoms with van der Waals surface area (Å²) in [5, 5.41) is 0. The Bertz CT molecular complexity index is 1630. The number of benzene rings is 3. The van der Waals surface area contributed by atoms with Crippen molar-refractivity contribution in [2.24, 2.45) is 0 Å². The first kappa shape index (κ1) is 36.4. The summed E-state index contributed by atoms with van der Waals surface area (Å²) in [4.78, 5) is 45.8. The number of likely N-dealkylation sites (tertiary alicyclic amines) is 2. The number of rotatable bonds is 10. The molecule has 0 aromatic heterocycles. The number of methoxy groups -OCH3 is 1. The van der Waals surface area contributed by atoms with Gasteiger partial charge in [0.2, 0.25) is 6.10 Å². The van der Waals surface area contributed by atoms with Crippen molar-refractivity contribution >= 4 is 23.6 Å². The Morgan fingerprint density at radius 3 is 2.24 bits per heavy atom. The van der Waals surface area contributed by atoms with Crippen molar-refractivity contribution in [3.63, 3.8) is 0 Å². The number of anilines is 1. The van der Waals surface area contributed by atoms with Gasteiger partial charge in [0.1, 0.15) is 11.4 Å². The molecule has 0 spiro atoms. The number of carbonyl (C=O) groups excluding carboxylic acids is 3. The summed E-state index contributed by atoms with van der Waals surface area (Å²) in [5.41, 5.74) is 3.12. The fourth-order valence-electron chi connectivity index (χ4n) is 7.35. The van der Waals surface area contributed by atoms with Crippen LogP contribution in [0.1, 0.15) is 79.8 Å². The summed E-state index contributed by atoms with van der Waals surface area (Å²) in [7, 11) is 1.65. The van der Waals surface area contributed by atoms with Crippen LogP contribution in [-0.4, -0.2) is 98.6 Å². The lowest BCUT2D eigenvalue weighted by Crippen LogP contribution is -2.52. The van der Waals surface area contributed by atoms with Gasteiger partial charge in [-0.1, -0.05) is 54.6 Å². The normalized spacial score (nSPS) is 21.2. The average Bonchev–Trinajstić information content (AvgIpc) is 3.14. The third-order valence-corrected chi connectivity index (χ3v) is 10.0. The van der Waals surface area contributed by atoms with Gasteiger partial charge in [0.05, 0.1) is 24.9 Å². The molecular formula is C41H51N3O7. The van der Waals surface area contributed by atoms with E-state index in [9.17, 15) is 14.4 Å². The standard InChI is InChI=1S/C41H51N3O7/c1-41(2,3)51-40(47)43-25-21-33(31-15-17-32(18-16-31)38(45)42-23-19-30(20-24-42)29-11-6-5-7-12-29)36(27-43)49-28-37-39(46)44(22-10-26-48-4)34-13-8-9-14-35(34)50-37/h5-9,11-18,30,33,36-37H,10,19-28H2,1-4H3. The Kier molecular flexibility index (Phi) is 11.6. The maximum absolute atomic E-state index is 13.7. The summed E-state index contributed by atoms with van der Waals surface area (Å²) in [6.07, 6.45) is 1.56. The van der Waals surface area contributed by atoms with Crippen LogP contribution in [0.3, 0.4) is 0 Å². The van der Waals surface area contributed by atoms with Gasteiger partial charge < -0.3 is 33.6 Å². The first-order chi connectivity index (χ1) is 24.6. The predicted molar refractivity (Wildman–Crippen MR) is 195 cm³/mol. The average molecular weight is 698 g/mol. The van der Waals surface area contributed by atoms with Crippen molar-refractivity contribution in [3.8, 4) is 5.75 Å². The van der Waals surface area contributed by atoms with Gasteiger partial charge in [-0.3, -0.25) is 9.59 Å². The minimum atomic E-state index is -0.842. The number of piperidine rings is 2. The molecule has 3 unspecified atom stereocenters. The molecule has 3 atom stereocenters. The van der Waals surface area contributed by atoms with E-state index in [2.05, 4.69) is 24.3 Å². The smallest absolute Gasteiger partial charge is 0.410 e. The van der Waals surface area contributed by atoms with Crippen LogP contribution in [0.4, 0.5) is 10.5 Å². The summed E-state index contributed by atoms with van der Waals surface area (Å²) in [6.45, 7) is 8.86. The molecule has 0 radical (unpaired) electrons. The second kappa shape index (κ2) is 16.3. The third-order valence-electron chi connectivity index (χ3n) is 10.0. The Morgan fingerprint density at radius 1 is 0.843 bits per heavy atom. The topological polar surface area (TPSA) is 97.8 Å². The highest BCUT2D eigenvalue weighted by atomic mass is 16.6. The van der Waals surface area contributed by atoms with Crippen LogP contribution in [0.25, 0.3) is 0 Å². The van der Waals surface area contributed by atoms with Crippen molar-refractivity contribution in [1.29, 1.82) is 0 Å². The van der Waals surface area contributed by atoms with E-state index in [4.69, 9.17) is 18.9 Å². The molecule has 0 aliphatic carbocycles. The molecule has 0 saturated carbocycles. The molecule has 2 saturated heterocycles. The van der Waals surface area contributed by atoms with Crippen molar-refractivity contribution in [1.82, 2.24) is 9.80 Å². The van der Waals surface area contributed by atoms with Crippen LogP contribution in [-0.2, 0) is 19.0 Å². The monoisotopic (exact) mass is 697 g/mol. The molecule has 3 aliphatic rings. The Morgan fingerprint density at radius 2 is 1.53 bits per heavy atom. The van der Waals surface area contributed by atoms with Crippen molar-refractivity contribution in [3.05, 3.63) is 95.6 Å². The molecule has 0 bridgehead atoms. The van der Waals surface area contributed by atoms with E-state index < -0.39 is 23.9 Å². The number of ether oxygens (including phenoxy) is 4. The van der Waals surface area contributed by atoms with E-state index >= 15 is 0 Å². The van der Waals surface area contributed by atoms with Crippen LogP contribution in [0, 0.1) is 0 Å². The molecule has 3 amide bonds. The number of fused-ring (bicyclic) bond motifs is 1. The molecule has 6 rings (SSSR count). The van der Waals surface area contributed by atoms with Gasteiger partial charge in [-0.2, -0.15) is 0 Å². The lowest BCUT2D eigenvalue weighted by atomic mass is 9.86. The highest BCUT2D eigenvalue weighted by Crippen LogP contribution is 2.36. The molecule has 3 aromatic rings. The van der Waals surface area contributed by atoms with Gasteiger partial charge in [0, 0.05) is 51.4 Å². The number of amides is 3. The number of nitrogens with zero attached hydrogens (tertiary/aromatic N) is 3. The molecule has 3 aliphatic heterocycles. The second-order valence-corrected chi connectivity index (χ2v) is 14.7. The molecule has 3 heterocycles. The van der Waals surface area contributed by atoms with Crippen LogP contribution < -0.4 is 9.64 Å². The van der Waals surface area contributed by atoms with Crippen molar-refractivity contribution in [2.45, 2.75) is 76.1 Å². The second-order valence-electron chi connectivity index (χ2n) is 14.7. The molecular weight excluding hydrogens is 646 g/mol. The first-order valence-electron chi connectivity index (χ1n) is 18.2. The Balaban J connectivity index is 1.14. The minimum absolute atomic E-state index is 0.0206. The SMILES string of the molecule is COCCCN1C(=O)C(COC2CN(C(=O)OC(C)(C)C)CCC2c2ccc(C(=O)N3CCC(c4ccccc4)CC3)cc2)Oc2ccccc21. The van der Waals surface area contributed by atoms with Crippen LogP contribution in [0.2, 0.25) is 0 Å². The number of para-hydroxylation sites is 2. The van der Waals surface area contributed by atoms with Gasteiger partial charge in [0.25, 0.3) is 11.8 Å². The van der Waals surface area contributed by atoms with Crippen molar-refractivity contribution in [2.75, 3.05) is 57.9 Å². The van der Waals surface area contributed by atoms with E-state index in [1.807, 2.05) is 80.3 Å². The highest BCUT2D eigenvalue weighted by molar-refractivity contribution is 6.00. The van der Waals surface area contributed by atoms with E-state index in [1.54, 1.807) is 16.9 Å². The van der Waals surface area contributed by atoms with Gasteiger partial charge in [-0.25, -0.2) is 4.79 Å². The van der Waals surface area contributed by atoms with Crippen LogP contribution >= 0.6 is 0 Å². The molecule has 2 fully saturated rings. The number of carbonyl (C=O) groups is 3. The van der Waals surface area contributed by atoms with Crippen LogP contribution in [0.5, 0.6) is 5.75 Å². The largest absolute Gasteiger partial charge is 0.476 e. The maximum atomic E-state index is 13.7. The fraction of sp³-hybridized carbons (Fsp3) is 0.488. The lowest BCUT2D eigenvalue weighted by Gasteiger charge is -2.40. The van der Waals surface area contributed by atoms with E-state index in [1.165, 1.54) is 5.56 Å². The summed E-state index contributed by atoms with van der Waals surface area (Å²) >= 11 is 0. The molecule has 10 nitrogen and oxygen atoms in total. The zero-order chi connectivity index (χ0) is 36.0. The molecule has 0 N–H and O–H groups in total. The molecule has 10 heteroatoms. The Labute approximate surface area is 301 Å². The van der Waals surface area contributed by atoms with Gasteiger partial charge >= 0.3 is 6.09 Å². The summed E-state index contributed by atoms with van der Waals surface area (Å²) in [5.74, 6) is 0.908. The highest BCUT2D eigenvalue weighted by Gasteiger charge is 2.39. The zero-order valence-electron chi connectivity index (χ0n) is 30.3. The van der Waals surface area contributed by atoms with Crippen LogP contribution in [0.15, 0.2) is 78.9 Å². The van der Waals surface area contributed by atoms with E-state index in [0.717, 1.165) is 37.2 Å². The fourth-order valence-corrected chi connectivity index (χ4v) is 7.35. The Hall–Kier alpha value is -4.41.